The fraction of sp³-hybridized carbons (Fsp3) is 0.766. The van der Waals surface area contributed by atoms with Crippen molar-refractivity contribution < 1.29 is 42.8 Å². The van der Waals surface area contributed by atoms with Crippen molar-refractivity contribution in [1.29, 1.82) is 0 Å². The molecule has 4 rings (SSSR count). The Hall–Kier alpha value is -1.68. The first-order valence-corrected chi connectivity index (χ1v) is 27.8. The first kappa shape index (κ1) is 49.0. The van der Waals surface area contributed by atoms with Crippen molar-refractivity contribution in [2.45, 2.75) is 212 Å². The van der Waals surface area contributed by atoms with Crippen molar-refractivity contribution in [2.75, 3.05) is 0 Å². The van der Waals surface area contributed by atoms with E-state index < -0.39 is 46.8 Å². The van der Waals surface area contributed by atoms with Gasteiger partial charge in [0.25, 0.3) is 0 Å². The molecular formula is C47H80O9Si2. The van der Waals surface area contributed by atoms with Crippen LogP contribution >= 0.6 is 0 Å². The van der Waals surface area contributed by atoms with Gasteiger partial charge < -0.3 is 38.0 Å². The zero-order valence-electron chi connectivity index (χ0n) is 38.8. The zero-order valence-corrected chi connectivity index (χ0v) is 40.8. The third-order valence-electron chi connectivity index (χ3n) is 14.1. The minimum absolute atomic E-state index is 0.00172. The van der Waals surface area contributed by atoms with Crippen LogP contribution < -0.4 is 0 Å². The van der Waals surface area contributed by atoms with Gasteiger partial charge in [-0.05, 0) is 87.3 Å². The zero-order chi connectivity index (χ0) is 43.6. The van der Waals surface area contributed by atoms with E-state index in [1.54, 1.807) is 6.08 Å². The summed E-state index contributed by atoms with van der Waals surface area (Å²) in [5.74, 6) is -0.637. The number of carbonyl (C=O) groups excluding carboxylic acids is 1. The number of hydrogen-bond acceptors (Lipinski definition) is 9. The molecule has 2 fully saturated rings. The van der Waals surface area contributed by atoms with Crippen LogP contribution in [0.25, 0.3) is 0 Å². The van der Waals surface area contributed by atoms with Crippen LogP contribution in [0.15, 0.2) is 54.1 Å². The minimum atomic E-state index is -2.26. The average molecular weight is 845 g/mol. The molecule has 9 nitrogen and oxygen atoms in total. The molecule has 0 radical (unpaired) electrons. The molecule has 0 bridgehead atoms. The maximum atomic E-state index is 13.9. The molecule has 2 saturated heterocycles. The van der Waals surface area contributed by atoms with Crippen molar-refractivity contribution in [3.8, 4) is 0 Å². The lowest BCUT2D eigenvalue weighted by atomic mass is 9.88. The highest BCUT2D eigenvalue weighted by molar-refractivity contribution is 6.74. The predicted molar refractivity (Wildman–Crippen MR) is 237 cm³/mol. The van der Waals surface area contributed by atoms with Crippen LogP contribution in [0.4, 0.5) is 0 Å². The number of hydrogen-bond donors (Lipinski definition) is 2. The van der Waals surface area contributed by atoms with Gasteiger partial charge in [-0.3, -0.25) is 4.79 Å². The Bertz CT molecular complexity index is 1550. The van der Waals surface area contributed by atoms with Gasteiger partial charge in [-0.25, -0.2) is 0 Å². The van der Waals surface area contributed by atoms with Crippen LogP contribution in [0.5, 0.6) is 0 Å². The molecule has 3 aliphatic rings. The van der Waals surface area contributed by atoms with Crippen molar-refractivity contribution in [1.82, 2.24) is 0 Å². The number of carbonyl (C=O) groups is 1. The van der Waals surface area contributed by atoms with E-state index in [1.807, 2.05) is 63.3 Å². The maximum absolute atomic E-state index is 13.9. The summed E-state index contributed by atoms with van der Waals surface area (Å²) in [5, 5.41) is 22.9. The van der Waals surface area contributed by atoms with E-state index in [2.05, 4.69) is 88.5 Å². The lowest BCUT2D eigenvalue weighted by Crippen LogP contribution is -2.46. The predicted octanol–water partition coefficient (Wildman–Crippen LogP) is 10.4. The summed E-state index contributed by atoms with van der Waals surface area (Å²) in [4.78, 5) is 13.9. The number of rotatable bonds is 14. The highest BCUT2D eigenvalue weighted by atomic mass is 28.4. The molecule has 0 spiro atoms. The fourth-order valence-electron chi connectivity index (χ4n) is 7.88. The van der Waals surface area contributed by atoms with Gasteiger partial charge in [0.05, 0.1) is 42.5 Å². The van der Waals surface area contributed by atoms with Crippen molar-refractivity contribution in [3.63, 3.8) is 0 Å². The third kappa shape index (κ3) is 12.2. The van der Waals surface area contributed by atoms with Crippen LogP contribution in [0.2, 0.25) is 36.3 Å². The number of cyclic esters (lactones) is 1. The van der Waals surface area contributed by atoms with Crippen LogP contribution in [0.1, 0.15) is 127 Å². The summed E-state index contributed by atoms with van der Waals surface area (Å²) in [5.41, 5.74) is 0.953. The van der Waals surface area contributed by atoms with Crippen LogP contribution in [-0.2, 0) is 32.6 Å². The lowest BCUT2D eigenvalue weighted by Gasteiger charge is -2.40. The molecule has 3 unspecified atom stereocenters. The van der Waals surface area contributed by atoms with Gasteiger partial charge in [-0.15, -0.1) is 0 Å². The van der Waals surface area contributed by atoms with Crippen molar-refractivity contribution in [2.24, 2.45) is 17.8 Å². The summed E-state index contributed by atoms with van der Waals surface area (Å²) >= 11 is 0. The molecular weight excluding hydrogens is 765 g/mol. The fourth-order valence-corrected chi connectivity index (χ4v) is 10.8. The van der Waals surface area contributed by atoms with E-state index in [0.29, 0.717) is 24.8 Å². The molecule has 1 aromatic rings. The molecule has 3 aliphatic heterocycles. The van der Waals surface area contributed by atoms with Gasteiger partial charge in [-0.2, -0.15) is 0 Å². The Balaban J connectivity index is 1.51. The standard InChI is InChI=1S/C47H80O9Si2/c1-17-37(56-58(15,16)46(9,10)11)33(5)43-38(51-43)28-31(3)41(50)36(48)27-32(4)42-30(2)23-24-39-47(12,54-44(52-39)34-21-19-18-20-22-34)26-25-35(29-40(49)53-42)55-57(13,14)45(6,7)8/h18-24,27,30-31,33,35-39,41-44,48,50H,17,25-26,28-29H2,1-16H3/b24-23+,32-27+/t30-,31-,33+,35+,36?,37+,38-,39-,41?,42-,43+,44?,47+/m0/s1. The SMILES string of the molecule is CC[C@@H](O[Si](C)(C)C(C)(C)C)[C@@H](C)[C@H]1O[C@H]1C[C@H](C)C(O)C(O)/C=C(\C)[C@H]1OC(=O)C[C@H](O[Si](C)(C)C(C)(C)C)CC[C@@]2(C)OC(c3ccccc3)O[C@H]2/C=C/[C@@H]1C. The molecule has 1 aromatic carbocycles. The molecule has 330 valence electrons. The van der Waals surface area contributed by atoms with Gasteiger partial charge in [0, 0.05) is 23.5 Å². The lowest BCUT2D eigenvalue weighted by molar-refractivity contribution is -0.151. The number of epoxide rings is 1. The van der Waals surface area contributed by atoms with Crippen LogP contribution in [0.3, 0.4) is 0 Å². The highest BCUT2D eigenvalue weighted by Crippen LogP contribution is 2.45. The van der Waals surface area contributed by atoms with Gasteiger partial charge in [-0.1, -0.05) is 118 Å². The molecule has 58 heavy (non-hydrogen) atoms. The monoisotopic (exact) mass is 845 g/mol. The van der Waals surface area contributed by atoms with Crippen LogP contribution in [0, 0.1) is 17.8 Å². The molecule has 0 amide bonds. The smallest absolute Gasteiger partial charge is 0.308 e. The van der Waals surface area contributed by atoms with Gasteiger partial charge >= 0.3 is 5.97 Å². The summed E-state index contributed by atoms with van der Waals surface area (Å²) in [7, 11) is -4.20. The number of aliphatic hydroxyl groups is 2. The maximum Gasteiger partial charge on any atom is 0.308 e. The average Bonchev–Trinajstić information content (AvgIpc) is 3.81. The first-order valence-electron chi connectivity index (χ1n) is 22.0. The molecule has 11 heteroatoms. The molecule has 0 aliphatic carbocycles. The van der Waals surface area contributed by atoms with Gasteiger partial charge in [0.1, 0.15) is 12.2 Å². The van der Waals surface area contributed by atoms with E-state index in [1.165, 1.54) is 0 Å². The molecule has 2 N–H and O–H groups in total. The minimum Gasteiger partial charge on any atom is -0.457 e. The van der Waals surface area contributed by atoms with Crippen LogP contribution in [-0.4, -0.2) is 87.2 Å². The summed E-state index contributed by atoms with van der Waals surface area (Å²) in [6.07, 6.45) is 4.60. The molecule has 0 saturated carbocycles. The largest absolute Gasteiger partial charge is 0.457 e. The highest BCUT2D eigenvalue weighted by Gasteiger charge is 2.50. The quantitative estimate of drug-likeness (QED) is 0.0817. The Morgan fingerprint density at radius 2 is 1.60 bits per heavy atom. The van der Waals surface area contributed by atoms with E-state index in [0.717, 1.165) is 12.0 Å². The first-order chi connectivity index (χ1) is 26.7. The van der Waals surface area contributed by atoms with Gasteiger partial charge in [0.2, 0.25) is 0 Å². The van der Waals surface area contributed by atoms with E-state index >= 15 is 0 Å². The Kier molecular flexibility index (Phi) is 16.2. The summed E-state index contributed by atoms with van der Waals surface area (Å²) in [6, 6.07) is 9.97. The third-order valence-corrected chi connectivity index (χ3v) is 23.1. The number of fused-ring (bicyclic) bond motifs is 1. The van der Waals surface area contributed by atoms with E-state index in [-0.39, 0.29) is 70.7 Å². The Labute approximate surface area is 353 Å². The second-order valence-electron chi connectivity index (χ2n) is 21.1. The number of ether oxygens (including phenoxy) is 4. The molecule has 0 aromatic heterocycles. The van der Waals surface area contributed by atoms with Crippen molar-refractivity contribution >= 4 is 22.6 Å². The summed E-state index contributed by atoms with van der Waals surface area (Å²) in [6.45, 7) is 34.7. The summed E-state index contributed by atoms with van der Waals surface area (Å²) < 4.78 is 39.5. The topological polar surface area (TPSA) is 116 Å². The molecule has 13 atom stereocenters. The van der Waals surface area contributed by atoms with Gasteiger partial charge in [0.15, 0.2) is 22.9 Å². The van der Waals surface area contributed by atoms with E-state index in [4.69, 9.17) is 27.8 Å². The Morgan fingerprint density at radius 1 is 0.983 bits per heavy atom. The second kappa shape index (κ2) is 19.2. The molecule has 3 heterocycles. The normalized spacial score (nSPS) is 32.5. The second-order valence-corrected chi connectivity index (χ2v) is 30.6. The van der Waals surface area contributed by atoms with E-state index in [9.17, 15) is 15.0 Å². The number of esters is 1. The van der Waals surface area contributed by atoms with Crippen molar-refractivity contribution in [3.05, 3.63) is 59.7 Å². The number of benzene rings is 1. The Morgan fingerprint density at radius 3 is 2.19 bits per heavy atom. The number of aliphatic hydroxyl groups excluding tert-OH is 2.